The van der Waals surface area contributed by atoms with E-state index in [-0.39, 0.29) is 36.2 Å². The maximum Gasteiger partial charge on any atom is 0.391 e. The van der Waals surface area contributed by atoms with Crippen molar-refractivity contribution in [3.8, 4) is 5.95 Å². The number of carbonyl (C=O) groups is 1. The molecule has 4 rings (SSSR count). The summed E-state index contributed by atoms with van der Waals surface area (Å²) in [6.45, 7) is 0. The summed E-state index contributed by atoms with van der Waals surface area (Å²) < 4.78 is 41.9. The highest BCUT2D eigenvalue weighted by Gasteiger charge is 2.42. The zero-order valence-corrected chi connectivity index (χ0v) is 14.1. The van der Waals surface area contributed by atoms with Crippen molar-refractivity contribution in [2.24, 2.45) is 11.7 Å². The SMILES string of the molecule is NC(=O)c1nc(-n2ccnc2)nc2ncn(C3CCC(C(F)(F)F)CC3)c12. The van der Waals surface area contributed by atoms with E-state index in [1.807, 2.05) is 0 Å². The van der Waals surface area contributed by atoms with E-state index in [4.69, 9.17) is 5.73 Å². The first-order valence-electron chi connectivity index (χ1n) is 8.44. The van der Waals surface area contributed by atoms with E-state index in [9.17, 15) is 18.0 Å². The monoisotopic (exact) mass is 379 g/mol. The summed E-state index contributed by atoms with van der Waals surface area (Å²) in [5.41, 5.74) is 6.09. The third-order valence-electron chi connectivity index (χ3n) is 4.94. The predicted molar refractivity (Wildman–Crippen MR) is 88.0 cm³/mol. The smallest absolute Gasteiger partial charge is 0.364 e. The summed E-state index contributed by atoms with van der Waals surface area (Å²) in [5, 5.41) is 0. The highest BCUT2D eigenvalue weighted by atomic mass is 19.4. The van der Waals surface area contributed by atoms with Crippen LogP contribution in [0.3, 0.4) is 0 Å². The number of hydrogen-bond donors (Lipinski definition) is 1. The summed E-state index contributed by atoms with van der Waals surface area (Å²) in [4.78, 5) is 28.6. The Balaban J connectivity index is 1.72. The third-order valence-corrected chi connectivity index (χ3v) is 4.94. The Bertz CT molecular complexity index is 972. The number of aromatic nitrogens is 6. The zero-order valence-electron chi connectivity index (χ0n) is 14.1. The number of rotatable bonds is 3. The van der Waals surface area contributed by atoms with E-state index in [2.05, 4.69) is 19.9 Å². The fourth-order valence-corrected chi connectivity index (χ4v) is 3.56. The van der Waals surface area contributed by atoms with Crippen LogP contribution in [0.2, 0.25) is 0 Å². The molecule has 2 N–H and O–H groups in total. The van der Waals surface area contributed by atoms with Gasteiger partial charge in [-0.1, -0.05) is 0 Å². The lowest BCUT2D eigenvalue weighted by Gasteiger charge is -2.30. The molecule has 1 fully saturated rings. The number of fused-ring (bicyclic) bond motifs is 1. The molecular weight excluding hydrogens is 363 g/mol. The summed E-state index contributed by atoms with van der Waals surface area (Å²) in [6, 6.07) is -0.214. The molecule has 1 amide bonds. The topological polar surface area (TPSA) is 105 Å². The molecule has 0 aliphatic heterocycles. The normalized spacial score (nSPS) is 20.9. The highest BCUT2D eigenvalue weighted by molar-refractivity contribution is 6.01. The molecule has 1 aliphatic carbocycles. The van der Waals surface area contributed by atoms with Crippen molar-refractivity contribution < 1.29 is 18.0 Å². The first kappa shape index (κ1) is 17.4. The molecule has 0 saturated heterocycles. The number of alkyl halides is 3. The fourth-order valence-electron chi connectivity index (χ4n) is 3.56. The third kappa shape index (κ3) is 3.13. The largest absolute Gasteiger partial charge is 0.391 e. The molecule has 0 spiro atoms. The average molecular weight is 379 g/mol. The number of hydrogen-bond acceptors (Lipinski definition) is 5. The molecule has 0 aromatic carbocycles. The van der Waals surface area contributed by atoms with E-state index < -0.39 is 18.0 Å². The predicted octanol–water partition coefficient (Wildman–Crippen LogP) is 2.40. The second kappa shape index (κ2) is 6.32. The number of primary amides is 1. The quantitative estimate of drug-likeness (QED) is 0.752. The lowest BCUT2D eigenvalue weighted by molar-refractivity contribution is -0.183. The van der Waals surface area contributed by atoms with E-state index in [1.165, 1.54) is 23.4 Å². The van der Waals surface area contributed by atoms with Gasteiger partial charge in [0.05, 0.1) is 12.2 Å². The van der Waals surface area contributed by atoms with Gasteiger partial charge in [0.2, 0.25) is 5.95 Å². The van der Waals surface area contributed by atoms with Gasteiger partial charge in [-0.3, -0.25) is 9.36 Å². The van der Waals surface area contributed by atoms with E-state index >= 15 is 0 Å². The average Bonchev–Trinajstić information content (AvgIpc) is 3.30. The summed E-state index contributed by atoms with van der Waals surface area (Å²) >= 11 is 0. The van der Waals surface area contributed by atoms with Gasteiger partial charge in [-0.15, -0.1) is 0 Å². The number of amides is 1. The van der Waals surface area contributed by atoms with Gasteiger partial charge in [0.25, 0.3) is 5.91 Å². The van der Waals surface area contributed by atoms with Crippen LogP contribution >= 0.6 is 0 Å². The Morgan fingerprint density at radius 3 is 2.48 bits per heavy atom. The van der Waals surface area contributed by atoms with Gasteiger partial charge in [0.1, 0.15) is 11.8 Å². The number of nitrogens with two attached hydrogens (primary N) is 1. The van der Waals surface area contributed by atoms with Crippen LogP contribution in [0.4, 0.5) is 13.2 Å². The van der Waals surface area contributed by atoms with Crippen molar-refractivity contribution in [1.82, 2.24) is 29.1 Å². The van der Waals surface area contributed by atoms with Gasteiger partial charge in [0.15, 0.2) is 11.3 Å². The summed E-state index contributed by atoms with van der Waals surface area (Å²) in [7, 11) is 0. The van der Waals surface area contributed by atoms with Crippen molar-refractivity contribution in [3.05, 3.63) is 30.7 Å². The summed E-state index contributed by atoms with van der Waals surface area (Å²) in [6.07, 6.45) is 2.67. The molecule has 8 nitrogen and oxygen atoms in total. The molecular formula is C16H16F3N7O. The molecule has 3 heterocycles. The van der Waals surface area contributed by atoms with Crippen molar-refractivity contribution in [2.45, 2.75) is 37.9 Å². The number of nitrogens with zero attached hydrogens (tertiary/aromatic N) is 6. The molecule has 11 heteroatoms. The zero-order chi connectivity index (χ0) is 19.2. The van der Waals surface area contributed by atoms with Crippen molar-refractivity contribution in [3.63, 3.8) is 0 Å². The van der Waals surface area contributed by atoms with Crippen molar-refractivity contribution in [1.29, 1.82) is 0 Å². The Hall–Kier alpha value is -2.98. The van der Waals surface area contributed by atoms with Crippen LogP contribution in [0, 0.1) is 5.92 Å². The van der Waals surface area contributed by atoms with Crippen LogP contribution < -0.4 is 5.73 Å². The van der Waals surface area contributed by atoms with Crippen LogP contribution in [0.5, 0.6) is 0 Å². The molecule has 3 aromatic heterocycles. The van der Waals surface area contributed by atoms with Crippen LogP contribution in [0.25, 0.3) is 17.1 Å². The molecule has 0 bridgehead atoms. The Morgan fingerprint density at radius 1 is 1.15 bits per heavy atom. The van der Waals surface area contributed by atoms with Crippen molar-refractivity contribution >= 4 is 17.1 Å². The van der Waals surface area contributed by atoms with Crippen LogP contribution in [-0.4, -0.2) is 41.2 Å². The minimum absolute atomic E-state index is 0.0147. The molecule has 3 aromatic rings. The minimum atomic E-state index is -4.18. The fraction of sp³-hybridized carbons (Fsp3) is 0.438. The number of halogens is 3. The van der Waals surface area contributed by atoms with Gasteiger partial charge in [-0.2, -0.15) is 18.2 Å². The van der Waals surface area contributed by atoms with Gasteiger partial charge in [-0.05, 0) is 25.7 Å². The molecule has 1 aliphatic rings. The second-order valence-corrected chi connectivity index (χ2v) is 6.58. The maximum atomic E-state index is 12.9. The Labute approximate surface area is 151 Å². The molecule has 0 atom stereocenters. The molecule has 1 saturated carbocycles. The molecule has 0 unspecified atom stereocenters. The lowest BCUT2D eigenvalue weighted by atomic mass is 9.85. The van der Waals surface area contributed by atoms with Crippen LogP contribution in [-0.2, 0) is 0 Å². The second-order valence-electron chi connectivity index (χ2n) is 6.58. The van der Waals surface area contributed by atoms with Gasteiger partial charge in [0, 0.05) is 18.4 Å². The van der Waals surface area contributed by atoms with Crippen molar-refractivity contribution in [2.75, 3.05) is 0 Å². The highest BCUT2D eigenvalue weighted by Crippen LogP contribution is 2.41. The first-order chi connectivity index (χ1) is 12.8. The minimum Gasteiger partial charge on any atom is -0.364 e. The molecule has 142 valence electrons. The van der Waals surface area contributed by atoms with Gasteiger partial charge < -0.3 is 10.3 Å². The lowest BCUT2D eigenvalue weighted by Crippen LogP contribution is -2.29. The Morgan fingerprint density at radius 2 is 1.89 bits per heavy atom. The van der Waals surface area contributed by atoms with Gasteiger partial charge >= 0.3 is 6.18 Å². The maximum absolute atomic E-state index is 12.9. The first-order valence-corrected chi connectivity index (χ1v) is 8.44. The Kier molecular flexibility index (Phi) is 4.08. The summed E-state index contributed by atoms with van der Waals surface area (Å²) in [5.74, 6) is -1.85. The van der Waals surface area contributed by atoms with Crippen LogP contribution in [0.15, 0.2) is 25.0 Å². The standard InChI is InChI=1S/C16H16F3N7O/c17-16(18,19)9-1-3-10(4-2-9)26-8-22-14-12(26)11(13(20)27)23-15(24-14)25-6-5-21-7-25/h5-10H,1-4H2,(H2,20,27). The van der Waals surface area contributed by atoms with Gasteiger partial charge in [-0.25, -0.2) is 15.0 Å². The van der Waals surface area contributed by atoms with E-state index in [0.717, 1.165) is 0 Å². The van der Waals surface area contributed by atoms with E-state index in [0.29, 0.717) is 18.4 Å². The molecule has 27 heavy (non-hydrogen) atoms. The van der Waals surface area contributed by atoms with Crippen LogP contribution in [0.1, 0.15) is 42.2 Å². The van der Waals surface area contributed by atoms with E-state index in [1.54, 1.807) is 10.8 Å². The number of imidazole rings is 2. The molecule has 0 radical (unpaired) electrons. The number of carbonyl (C=O) groups excluding carboxylic acids is 1.